The molecule has 1 aliphatic carbocycles. The van der Waals surface area contributed by atoms with Crippen LogP contribution in [0.5, 0.6) is 0 Å². The van der Waals surface area contributed by atoms with Gasteiger partial charge in [-0.2, -0.15) is 0 Å². The van der Waals surface area contributed by atoms with Crippen molar-refractivity contribution in [3.8, 4) is 0 Å². The van der Waals surface area contributed by atoms with E-state index in [9.17, 15) is 9.59 Å². The van der Waals surface area contributed by atoms with Crippen LogP contribution >= 0.6 is 0 Å². The first kappa shape index (κ1) is 17.0. The molecule has 2 fully saturated rings. The average Bonchev–Trinajstić information content (AvgIpc) is 3.04. The molecule has 1 saturated heterocycles. The Morgan fingerprint density at radius 1 is 1.21 bits per heavy atom. The van der Waals surface area contributed by atoms with Crippen molar-refractivity contribution in [2.75, 3.05) is 0 Å². The molecule has 2 amide bonds. The monoisotopic (exact) mass is 329 g/mol. The molecule has 1 aliphatic heterocycles. The van der Waals surface area contributed by atoms with Gasteiger partial charge in [0.25, 0.3) is 0 Å². The third-order valence-electron chi connectivity index (χ3n) is 5.24. The number of rotatable bonds is 5. The van der Waals surface area contributed by atoms with Gasteiger partial charge in [-0.25, -0.2) is 0 Å². The van der Waals surface area contributed by atoms with Crippen molar-refractivity contribution in [1.29, 1.82) is 0 Å². The summed E-state index contributed by atoms with van der Waals surface area (Å²) in [7, 11) is 0. The highest BCUT2D eigenvalue weighted by molar-refractivity contribution is 5.89. The smallest absolute Gasteiger partial charge is 0.242 e. The van der Waals surface area contributed by atoms with Gasteiger partial charge in [-0.3, -0.25) is 9.59 Å². The van der Waals surface area contributed by atoms with Crippen molar-refractivity contribution in [3.05, 3.63) is 35.9 Å². The quantitative estimate of drug-likeness (QED) is 0.770. The van der Waals surface area contributed by atoms with E-state index in [2.05, 4.69) is 16.0 Å². The Morgan fingerprint density at radius 2 is 1.96 bits per heavy atom. The van der Waals surface area contributed by atoms with Crippen LogP contribution in [-0.4, -0.2) is 29.9 Å². The van der Waals surface area contributed by atoms with E-state index in [4.69, 9.17) is 0 Å². The number of benzene rings is 1. The molecule has 24 heavy (non-hydrogen) atoms. The molecule has 1 aromatic carbocycles. The number of amides is 2. The van der Waals surface area contributed by atoms with Crippen LogP contribution in [0.3, 0.4) is 0 Å². The van der Waals surface area contributed by atoms with E-state index in [-0.39, 0.29) is 17.9 Å². The molecule has 130 valence electrons. The van der Waals surface area contributed by atoms with Crippen LogP contribution < -0.4 is 16.0 Å². The summed E-state index contributed by atoms with van der Waals surface area (Å²) >= 11 is 0. The van der Waals surface area contributed by atoms with E-state index >= 15 is 0 Å². The fourth-order valence-corrected chi connectivity index (χ4v) is 3.84. The Labute approximate surface area is 143 Å². The van der Waals surface area contributed by atoms with Crippen molar-refractivity contribution < 1.29 is 9.59 Å². The van der Waals surface area contributed by atoms with Gasteiger partial charge >= 0.3 is 0 Å². The highest BCUT2D eigenvalue weighted by Gasteiger charge is 2.38. The fourth-order valence-electron chi connectivity index (χ4n) is 3.84. The van der Waals surface area contributed by atoms with Crippen LogP contribution in [0.2, 0.25) is 0 Å². The summed E-state index contributed by atoms with van der Waals surface area (Å²) in [6, 6.07) is 9.57. The number of carbonyl (C=O) groups is 2. The second-order valence-corrected chi connectivity index (χ2v) is 7.04. The van der Waals surface area contributed by atoms with Crippen LogP contribution in [0, 0.1) is 5.92 Å². The standard InChI is InChI=1S/C19H27N3O2/c1-13(18(23)20-12-14-7-3-2-4-8-14)21-19(24)17-11-15-9-5-6-10-16(15)22-17/h2-4,7-8,13,15-17,22H,5-6,9-12H2,1H3,(H,20,23)(H,21,24). The molecule has 0 radical (unpaired) electrons. The molecule has 4 atom stereocenters. The maximum absolute atomic E-state index is 12.4. The molecule has 5 heteroatoms. The zero-order chi connectivity index (χ0) is 16.9. The first-order valence-corrected chi connectivity index (χ1v) is 9.01. The number of hydrogen-bond donors (Lipinski definition) is 3. The third-order valence-corrected chi connectivity index (χ3v) is 5.24. The van der Waals surface area contributed by atoms with Gasteiger partial charge in [0.05, 0.1) is 6.04 Å². The van der Waals surface area contributed by atoms with Crippen LogP contribution in [0.1, 0.15) is 44.6 Å². The van der Waals surface area contributed by atoms with Gasteiger partial charge in [-0.05, 0) is 37.7 Å². The second-order valence-electron chi connectivity index (χ2n) is 7.04. The Kier molecular flexibility index (Phi) is 5.51. The summed E-state index contributed by atoms with van der Waals surface area (Å²) in [5.74, 6) is 0.422. The Hall–Kier alpha value is -1.88. The lowest BCUT2D eigenvalue weighted by Crippen LogP contribution is -2.50. The largest absolute Gasteiger partial charge is 0.350 e. The summed E-state index contributed by atoms with van der Waals surface area (Å²) < 4.78 is 0. The van der Waals surface area contributed by atoms with Gasteiger partial charge in [0.2, 0.25) is 11.8 Å². The zero-order valence-electron chi connectivity index (χ0n) is 14.3. The first-order valence-electron chi connectivity index (χ1n) is 9.01. The molecule has 5 nitrogen and oxygen atoms in total. The molecule has 0 spiro atoms. The summed E-state index contributed by atoms with van der Waals surface area (Å²) in [6.45, 7) is 2.21. The molecular formula is C19H27N3O2. The molecule has 4 unspecified atom stereocenters. The number of hydrogen-bond acceptors (Lipinski definition) is 3. The lowest BCUT2D eigenvalue weighted by atomic mass is 9.85. The van der Waals surface area contributed by atoms with Crippen molar-refractivity contribution in [1.82, 2.24) is 16.0 Å². The van der Waals surface area contributed by atoms with Crippen molar-refractivity contribution >= 4 is 11.8 Å². The van der Waals surface area contributed by atoms with Crippen LogP contribution in [0.4, 0.5) is 0 Å². The van der Waals surface area contributed by atoms with E-state index in [1.54, 1.807) is 6.92 Å². The second kappa shape index (κ2) is 7.79. The molecule has 1 heterocycles. The Morgan fingerprint density at radius 3 is 2.71 bits per heavy atom. The first-order chi connectivity index (χ1) is 11.6. The van der Waals surface area contributed by atoms with Gasteiger partial charge in [0.15, 0.2) is 0 Å². The van der Waals surface area contributed by atoms with Gasteiger partial charge < -0.3 is 16.0 Å². The van der Waals surface area contributed by atoms with E-state index in [0.717, 1.165) is 12.0 Å². The highest BCUT2D eigenvalue weighted by atomic mass is 16.2. The van der Waals surface area contributed by atoms with Gasteiger partial charge in [-0.15, -0.1) is 0 Å². The molecule has 1 aromatic rings. The minimum atomic E-state index is -0.523. The van der Waals surface area contributed by atoms with E-state index < -0.39 is 6.04 Å². The summed E-state index contributed by atoms with van der Waals surface area (Å²) in [5.41, 5.74) is 1.05. The fraction of sp³-hybridized carbons (Fsp3) is 0.579. The number of nitrogens with one attached hydrogen (secondary N) is 3. The third kappa shape index (κ3) is 4.15. The highest BCUT2D eigenvalue weighted by Crippen LogP contribution is 2.33. The van der Waals surface area contributed by atoms with Crippen LogP contribution in [0.25, 0.3) is 0 Å². The maximum atomic E-state index is 12.4. The number of fused-ring (bicyclic) bond motifs is 1. The molecule has 0 aromatic heterocycles. The van der Waals surface area contributed by atoms with Crippen LogP contribution in [0.15, 0.2) is 30.3 Å². The van der Waals surface area contributed by atoms with Gasteiger partial charge in [-0.1, -0.05) is 43.2 Å². The molecule has 2 aliphatic rings. The summed E-state index contributed by atoms with van der Waals surface area (Å²) in [4.78, 5) is 24.6. The Balaban J connectivity index is 1.44. The van der Waals surface area contributed by atoms with Crippen LogP contribution in [-0.2, 0) is 16.1 Å². The van der Waals surface area contributed by atoms with Gasteiger partial charge in [0, 0.05) is 12.6 Å². The van der Waals surface area contributed by atoms with Gasteiger partial charge in [0.1, 0.15) is 6.04 Å². The Bertz CT molecular complexity index is 561. The van der Waals surface area contributed by atoms with Crippen molar-refractivity contribution in [3.63, 3.8) is 0 Å². The zero-order valence-corrected chi connectivity index (χ0v) is 14.3. The van der Waals surface area contributed by atoms with Crippen molar-refractivity contribution in [2.45, 2.75) is 63.7 Å². The molecule has 1 saturated carbocycles. The van der Waals surface area contributed by atoms with E-state index in [0.29, 0.717) is 18.5 Å². The minimum absolute atomic E-state index is 0.0493. The normalized spacial score (nSPS) is 27.1. The minimum Gasteiger partial charge on any atom is -0.350 e. The summed E-state index contributed by atoms with van der Waals surface area (Å²) in [6.07, 6.45) is 5.81. The predicted octanol–water partition coefficient (Wildman–Crippen LogP) is 1.73. The predicted molar refractivity (Wildman–Crippen MR) is 93.2 cm³/mol. The topological polar surface area (TPSA) is 70.2 Å². The average molecular weight is 329 g/mol. The molecule has 3 N–H and O–H groups in total. The number of carbonyl (C=O) groups excluding carboxylic acids is 2. The SMILES string of the molecule is CC(NC(=O)C1CC2CCCCC2N1)C(=O)NCc1ccccc1. The lowest BCUT2D eigenvalue weighted by molar-refractivity contribution is -0.129. The maximum Gasteiger partial charge on any atom is 0.242 e. The lowest BCUT2D eigenvalue weighted by Gasteiger charge is -2.24. The van der Waals surface area contributed by atoms with Crippen molar-refractivity contribution in [2.24, 2.45) is 5.92 Å². The van der Waals surface area contributed by atoms with E-state index in [1.165, 1.54) is 25.7 Å². The molecular weight excluding hydrogens is 302 g/mol. The molecule has 0 bridgehead atoms. The molecule has 3 rings (SSSR count). The summed E-state index contributed by atoms with van der Waals surface area (Å²) in [5, 5.41) is 9.18. The van der Waals surface area contributed by atoms with E-state index in [1.807, 2.05) is 30.3 Å².